The Morgan fingerprint density at radius 2 is 1.96 bits per heavy atom. The van der Waals surface area contributed by atoms with Gasteiger partial charge in [-0.05, 0) is 66.0 Å². The Kier molecular flexibility index (Phi) is 9.60. The molecule has 0 spiro atoms. The summed E-state index contributed by atoms with van der Waals surface area (Å²) in [5.41, 5.74) is 8.28. The average Bonchev–Trinajstić information content (AvgIpc) is 2.55. The number of nitrogens with zero attached hydrogens (tertiary/aromatic N) is 1. The molecule has 0 aromatic heterocycles. The van der Waals surface area contributed by atoms with Crippen LogP contribution < -0.4 is 5.73 Å². The minimum absolute atomic E-state index is 0.308. The number of nitrogen functional groups attached to an aromatic ring is 1. The molecule has 1 aromatic carbocycles. The zero-order valence-electron chi connectivity index (χ0n) is 13.9. The number of carbonyl (C=O) groups excluding carboxylic acids is 1. The molecule has 6 heteroatoms. The second kappa shape index (κ2) is 10.9. The lowest BCUT2D eigenvalue weighted by molar-refractivity contribution is 0.0498. The normalized spacial score (nSPS) is 11.0. The maximum Gasteiger partial charge on any atom is 0.338 e. The molecule has 0 bridgehead atoms. The van der Waals surface area contributed by atoms with Gasteiger partial charge in [-0.15, -0.1) is 11.6 Å². The van der Waals surface area contributed by atoms with Crippen LogP contribution in [0.3, 0.4) is 0 Å². The molecule has 0 heterocycles. The van der Waals surface area contributed by atoms with Gasteiger partial charge in [0, 0.05) is 16.9 Å². The molecule has 0 aliphatic rings. The molecule has 0 aliphatic heterocycles. The second-order valence-corrected chi connectivity index (χ2v) is 6.61. The first-order valence-corrected chi connectivity index (χ1v) is 9.39. The zero-order chi connectivity index (χ0) is 17.2. The summed E-state index contributed by atoms with van der Waals surface area (Å²) in [6.45, 7) is 7.21. The maximum atomic E-state index is 12.2. The number of ether oxygens (including phenoxy) is 1. The van der Waals surface area contributed by atoms with Crippen molar-refractivity contribution in [3.05, 3.63) is 27.7 Å². The van der Waals surface area contributed by atoms with Crippen LogP contribution in [0, 0.1) is 0 Å². The first kappa shape index (κ1) is 20.3. The third-order valence-corrected chi connectivity index (χ3v) is 4.67. The Morgan fingerprint density at radius 1 is 1.26 bits per heavy atom. The Hall–Kier alpha value is -0.780. The smallest absolute Gasteiger partial charge is 0.338 e. The number of hydrogen-bond acceptors (Lipinski definition) is 4. The summed E-state index contributed by atoms with van der Waals surface area (Å²) in [7, 11) is 0. The molecule has 0 saturated carbocycles. The van der Waals surface area contributed by atoms with E-state index in [1.807, 2.05) is 6.07 Å². The van der Waals surface area contributed by atoms with Crippen LogP contribution >= 0.6 is 27.5 Å². The van der Waals surface area contributed by atoms with Crippen molar-refractivity contribution in [3.63, 3.8) is 0 Å². The van der Waals surface area contributed by atoms with Crippen molar-refractivity contribution in [2.24, 2.45) is 0 Å². The monoisotopic (exact) mass is 404 g/mol. The number of nitrogens with two attached hydrogens (primary N) is 1. The van der Waals surface area contributed by atoms with Gasteiger partial charge >= 0.3 is 5.97 Å². The van der Waals surface area contributed by atoms with Crippen LogP contribution in [0.2, 0.25) is 0 Å². The molecule has 1 rings (SSSR count). The summed E-state index contributed by atoms with van der Waals surface area (Å²) >= 11 is 9.06. The van der Waals surface area contributed by atoms with E-state index in [0.717, 1.165) is 42.4 Å². The van der Waals surface area contributed by atoms with Crippen molar-refractivity contribution in [3.8, 4) is 0 Å². The molecule has 4 nitrogen and oxygen atoms in total. The van der Waals surface area contributed by atoms with Crippen molar-refractivity contribution in [1.29, 1.82) is 0 Å². The largest absolute Gasteiger partial charge is 0.462 e. The quantitative estimate of drug-likeness (QED) is 0.271. The molecule has 0 unspecified atom stereocenters. The molecule has 130 valence electrons. The van der Waals surface area contributed by atoms with Gasteiger partial charge in [0.15, 0.2) is 0 Å². The van der Waals surface area contributed by atoms with E-state index in [9.17, 15) is 4.79 Å². The summed E-state index contributed by atoms with van der Waals surface area (Å²) in [5, 5.41) is 0. The first-order valence-electron chi connectivity index (χ1n) is 8.06. The van der Waals surface area contributed by atoms with E-state index in [0.29, 0.717) is 30.3 Å². The molecule has 0 radical (unpaired) electrons. The van der Waals surface area contributed by atoms with Crippen LogP contribution in [0.4, 0.5) is 5.69 Å². The maximum absolute atomic E-state index is 12.2. The molecule has 0 saturated heterocycles. The lowest BCUT2D eigenvalue weighted by atomic mass is 10.1. The highest BCUT2D eigenvalue weighted by Gasteiger charge is 2.14. The number of anilines is 1. The highest BCUT2D eigenvalue weighted by molar-refractivity contribution is 9.10. The topological polar surface area (TPSA) is 55.6 Å². The van der Waals surface area contributed by atoms with Gasteiger partial charge in [0.1, 0.15) is 0 Å². The molecule has 0 atom stereocenters. The lowest BCUT2D eigenvalue weighted by Crippen LogP contribution is -2.23. The number of unbranched alkanes of at least 4 members (excludes halogenated alkanes) is 2. The molecular weight excluding hydrogens is 380 g/mol. The number of halogens is 2. The number of rotatable bonds is 10. The predicted octanol–water partition coefficient (Wildman–Crippen LogP) is 4.44. The van der Waals surface area contributed by atoms with Gasteiger partial charge in [-0.3, -0.25) is 4.90 Å². The number of esters is 1. The molecule has 23 heavy (non-hydrogen) atoms. The van der Waals surface area contributed by atoms with Crippen molar-refractivity contribution >= 4 is 39.2 Å². The highest BCUT2D eigenvalue weighted by atomic mass is 79.9. The SMILES string of the molecule is CCN(CC)Cc1cc(C(=O)OCCCCCCl)cc(Br)c1N. The molecule has 2 N–H and O–H groups in total. The number of alkyl halides is 1. The summed E-state index contributed by atoms with van der Waals surface area (Å²) < 4.78 is 6.06. The Morgan fingerprint density at radius 3 is 2.57 bits per heavy atom. The van der Waals surface area contributed by atoms with E-state index in [2.05, 4.69) is 34.7 Å². The fourth-order valence-corrected chi connectivity index (χ4v) is 2.92. The lowest BCUT2D eigenvalue weighted by Gasteiger charge is -2.20. The van der Waals surface area contributed by atoms with E-state index in [1.165, 1.54) is 0 Å². The fraction of sp³-hybridized carbons (Fsp3) is 0.588. The van der Waals surface area contributed by atoms with E-state index in [1.54, 1.807) is 6.07 Å². The van der Waals surface area contributed by atoms with Crippen LogP contribution in [-0.4, -0.2) is 36.4 Å². The van der Waals surface area contributed by atoms with Gasteiger partial charge in [-0.25, -0.2) is 4.79 Å². The van der Waals surface area contributed by atoms with Gasteiger partial charge in [-0.1, -0.05) is 13.8 Å². The fourth-order valence-electron chi connectivity index (χ4n) is 2.23. The Balaban J connectivity index is 2.75. The van der Waals surface area contributed by atoms with Crippen LogP contribution in [0.1, 0.15) is 49.0 Å². The minimum atomic E-state index is -0.308. The standard InChI is InChI=1S/C17H26BrClN2O2/c1-3-21(4-2)12-14-10-13(11-15(18)16(14)20)17(22)23-9-7-5-6-8-19/h10-11H,3-9,12,20H2,1-2H3. The Labute approximate surface area is 152 Å². The zero-order valence-corrected chi connectivity index (χ0v) is 16.3. The average molecular weight is 406 g/mol. The highest BCUT2D eigenvalue weighted by Crippen LogP contribution is 2.27. The molecular formula is C17H26BrClN2O2. The molecule has 0 aliphatic carbocycles. The molecule has 0 fully saturated rings. The van der Waals surface area contributed by atoms with Gasteiger partial charge in [0.25, 0.3) is 0 Å². The van der Waals surface area contributed by atoms with Gasteiger partial charge in [0.2, 0.25) is 0 Å². The number of hydrogen-bond donors (Lipinski definition) is 1. The molecule has 1 aromatic rings. The van der Waals surface area contributed by atoms with Gasteiger partial charge < -0.3 is 10.5 Å². The predicted molar refractivity (Wildman–Crippen MR) is 100 cm³/mol. The van der Waals surface area contributed by atoms with Crippen LogP contribution in [0.25, 0.3) is 0 Å². The third kappa shape index (κ3) is 6.69. The van der Waals surface area contributed by atoms with Crippen LogP contribution in [-0.2, 0) is 11.3 Å². The van der Waals surface area contributed by atoms with Gasteiger partial charge in [-0.2, -0.15) is 0 Å². The van der Waals surface area contributed by atoms with Crippen molar-refractivity contribution in [2.45, 2.75) is 39.7 Å². The van der Waals surface area contributed by atoms with E-state index in [4.69, 9.17) is 22.1 Å². The number of carbonyl (C=O) groups is 1. The second-order valence-electron chi connectivity index (χ2n) is 5.38. The van der Waals surface area contributed by atoms with Crippen LogP contribution in [0.5, 0.6) is 0 Å². The van der Waals surface area contributed by atoms with Crippen molar-refractivity contribution in [1.82, 2.24) is 4.90 Å². The molecule has 0 amide bonds. The van der Waals surface area contributed by atoms with E-state index in [-0.39, 0.29) is 5.97 Å². The summed E-state index contributed by atoms with van der Waals surface area (Å²) in [4.78, 5) is 14.4. The third-order valence-electron chi connectivity index (χ3n) is 3.75. The van der Waals surface area contributed by atoms with E-state index >= 15 is 0 Å². The minimum Gasteiger partial charge on any atom is -0.462 e. The summed E-state index contributed by atoms with van der Waals surface area (Å²) in [6, 6.07) is 3.56. The van der Waals surface area contributed by atoms with Crippen molar-refractivity contribution in [2.75, 3.05) is 31.3 Å². The number of benzene rings is 1. The summed E-state index contributed by atoms with van der Waals surface area (Å²) in [5.74, 6) is 0.338. The van der Waals surface area contributed by atoms with E-state index < -0.39 is 0 Å². The van der Waals surface area contributed by atoms with Crippen LogP contribution in [0.15, 0.2) is 16.6 Å². The Bertz CT molecular complexity index is 508. The van der Waals surface area contributed by atoms with Crippen molar-refractivity contribution < 1.29 is 9.53 Å². The van der Waals surface area contributed by atoms with Gasteiger partial charge in [0.05, 0.1) is 17.9 Å². The first-order chi connectivity index (χ1) is 11.0. The summed E-state index contributed by atoms with van der Waals surface area (Å²) in [6.07, 6.45) is 2.75.